The fraction of sp³-hybridized carbons (Fsp3) is 0.259. The Kier molecular flexibility index (Phi) is 18.6. The van der Waals surface area contributed by atoms with Gasteiger partial charge in [0.05, 0.1) is 23.3 Å². The van der Waals surface area contributed by atoms with Gasteiger partial charge < -0.3 is 29.9 Å². The predicted molar refractivity (Wildman–Crippen MR) is 140 cm³/mol. The van der Waals surface area contributed by atoms with Gasteiger partial charge in [-0.25, -0.2) is 28.8 Å². The van der Waals surface area contributed by atoms with Crippen LogP contribution < -0.4 is 0 Å². The maximum absolute atomic E-state index is 11.1. The number of hydrogen-bond donors (Lipinski definition) is 4. The molecule has 1 atom stereocenters. The predicted octanol–water partition coefficient (Wildman–Crippen LogP) is 3.24. The van der Waals surface area contributed by atoms with Crippen molar-refractivity contribution in [2.75, 3.05) is 6.61 Å². The van der Waals surface area contributed by atoms with Crippen molar-refractivity contribution in [3.63, 3.8) is 0 Å². The van der Waals surface area contributed by atoms with Gasteiger partial charge >= 0.3 is 35.8 Å². The van der Waals surface area contributed by atoms with Crippen molar-refractivity contribution < 1.29 is 58.7 Å². The van der Waals surface area contributed by atoms with E-state index in [1.807, 2.05) is 0 Å². The summed E-state index contributed by atoms with van der Waals surface area (Å²) in [5, 5.41) is 35.9. The fourth-order valence-corrected chi connectivity index (χ4v) is 2.54. The molecule has 0 bridgehead atoms. The number of allylic oxidation sites excluding steroid dienone is 2. The summed E-state index contributed by atoms with van der Waals surface area (Å²) in [6.07, 6.45) is 5.30. The standard InChI is InChI=1S/C14H16O6.C13H16O6/c1-3-5-7-9(12(15)16)8-11(14(19)20)10(6-4-2)13(17)18;1-4-11(14)18-8-6-7-10(9(3)13(16)17)19-12(15)5-2/h3-4,8H,1-2,5-7H2,(H,15,16)(H,17,18)(H,19,20);4-5,10H,1-3,6-8H2,(H,16,17)/b9-8?,11-10-;. The zero-order chi connectivity index (χ0) is 30.5. The molecule has 0 aliphatic carbocycles. The fourth-order valence-electron chi connectivity index (χ4n) is 2.54. The summed E-state index contributed by atoms with van der Waals surface area (Å²) in [6, 6.07) is 0. The van der Waals surface area contributed by atoms with Gasteiger partial charge in [0.25, 0.3) is 0 Å². The summed E-state index contributed by atoms with van der Waals surface area (Å²) in [5.41, 5.74) is -1.40. The average molecular weight is 549 g/mol. The third-order valence-electron chi connectivity index (χ3n) is 4.48. The number of rotatable bonds is 18. The van der Waals surface area contributed by atoms with Crippen molar-refractivity contribution >= 4 is 35.8 Å². The van der Waals surface area contributed by atoms with Crippen LogP contribution in [0.2, 0.25) is 0 Å². The second-order valence-corrected chi connectivity index (χ2v) is 7.27. The minimum absolute atomic E-state index is 0.0661. The maximum atomic E-state index is 11.1. The molecule has 0 aromatic rings. The highest BCUT2D eigenvalue weighted by Crippen LogP contribution is 2.17. The molecule has 0 aliphatic rings. The van der Waals surface area contributed by atoms with E-state index in [0.29, 0.717) is 12.8 Å². The Bertz CT molecular complexity index is 1060. The van der Waals surface area contributed by atoms with Crippen LogP contribution in [0.4, 0.5) is 0 Å². The third kappa shape index (κ3) is 15.7. The zero-order valence-corrected chi connectivity index (χ0v) is 21.3. The summed E-state index contributed by atoms with van der Waals surface area (Å²) < 4.78 is 9.58. The average Bonchev–Trinajstić information content (AvgIpc) is 2.88. The summed E-state index contributed by atoms with van der Waals surface area (Å²) in [6.45, 7) is 16.6. The lowest BCUT2D eigenvalue weighted by molar-refractivity contribution is -0.145. The topological polar surface area (TPSA) is 202 Å². The zero-order valence-electron chi connectivity index (χ0n) is 21.3. The molecule has 0 rings (SSSR count). The number of hydrogen-bond acceptors (Lipinski definition) is 8. The Balaban J connectivity index is 0. The third-order valence-corrected chi connectivity index (χ3v) is 4.48. The van der Waals surface area contributed by atoms with Gasteiger partial charge in [-0.05, 0) is 38.2 Å². The molecule has 0 fully saturated rings. The van der Waals surface area contributed by atoms with Crippen LogP contribution >= 0.6 is 0 Å². The molecule has 0 aromatic heterocycles. The lowest BCUT2D eigenvalue weighted by Crippen LogP contribution is -2.24. The molecule has 1 unspecified atom stereocenters. The van der Waals surface area contributed by atoms with Crippen LogP contribution in [0.25, 0.3) is 0 Å². The van der Waals surface area contributed by atoms with Gasteiger partial charge in [-0.1, -0.05) is 31.9 Å². The van der Waals surface area contributed by atoms with Crippen molar-refractivity contribution in [1.29, 1.82) is 0 Å². The van der Waals surface area contributed by atoms with Gasteiger partial charge in [0.1, 0.15) is 6.10 Å². The van der Waals surface area contributed by atoms with Crippen LogP contribution in [0.5, 0.6) is 0 Å². The van der Waals surface area contributed by atoms with Gasteiger partial charge in [0.15, 0.2) is 0 Å². The van der Waals surface area contributed by atoms with Crippen molar-refractivity contribution in [3.05, 3.63) is 85.6 Å². The Labute approximate surface area is 225 Å². The quantitative estimate of drug-likeness (QED) is 0.0641. The Morgan fingerprint density at radius 3 is 1.77 bits per heavy atom. The first-order chi connectivity index (χ1) is 18.3. The van der Waals surface area contributed by atoms with Gasteiger partial charge in [0, 0.05) is 17.7 Å². The number of carboxylic acids is 4. The number of carbonyl (C=O) groups excluding carboxylic acids is 2. The van der Waals surface area contributed by atoms with E-state index >= 15 is 0 Å². The van der Waals surface area contributed by atoms with Crippen LogP contribution in [-0.4, -0.2) is 69.0 Å². The molecule has 0 amide bonds. The van der Waals surface area contributed by atoms with E-state index in [1.165, 1.54) is 12.2 Å². The number of carbonyl (C=O) groups is 6. The van der Waals surface area contributed by atoms with E-state index in [9.17, 15) is 28.8 Å². The minimum atomic E-state index is -1.50. The second kappa shape index (κ2) is 20.1. The number of aliphatic carboxylic acids is 4. The molecular weight excluding hydrogens is 516 g/mol. The highest BCUT2D eigenvalue weighted by Gasteiger charge is 2.22. The molecule has 4 N–H and O–H groups in total. The molecule has 39 heavy (non-hydrogen) atoms. The van der Waals surface area contributed by atoms with Crippen LogP contribution in [0.3, 0.4) is 0 Å². The first kappa shape index (κ1) is 36.2. The highest BCUT2D eigenvalue weighted by molar-refractivity contribution is 6.02. The molecule has 0 aliphatic heterocycles. The molecule has 0 radical (unpaired) electrons. The Morgan fingerprint density at radius 2 is 1.36 bits per heavy atom. The Hall–Kier alpha value is -5.00. The first-order valence-electron chi connectivity index (χ1n) is 11.2. The molecule has 12 nitrogen and oxygen atoms in total. The van der Waals surface area contributed by atoms with Crippen LogP contribution in [0, 0.1) is 0 Å². The molecule has 0 spiro atoms. The normalized spacial score (nSPS) is 11.6. The van der Waals surface area contributed by atoms with E-state index in [2.05, 4.69) is 32.9 Å². The smallest absolute Gasteiger partial charge is 0.336 e. The van der Waals surface area contributed by atoms with Gasteiger partial charge in [0.2, 0.25) is 0 Å². The monoisotopic (exact) mass is 548 g/mol. The van der Waals surface area contributed by atoms with Crippen molar-refractivity contribution in [3.8, 4) is 0 Å². The maximum Gasteiger partial charge on any atom is 0.336 e. The van der Waals surface area contributed by atoms with Crippen molar-refractivity contribution in [2.24, 2.45) is 0 Å². The molecule has 0 heterocycles. The summed E-state index contributed by atoms with van der Waals surface area (Å²) in [4.78, 5) is 65.8. The summed E-state index contributed by atoms with van der Waals surface area (Å²) in [7, 11) is 0. The molecule has 12 heteroatoms. The summed E-state index contributed by atoms with van der Waals surface area (Å²) in [5.74, 6) is -6.79. The van der Waals surface area contributed by atoms with Crippen molar-refractivity contribution in [2.45, 2.75) is 38.2 Å². The second-order valence-electron chi connectivity index (χ2n) is 7.27. The lowest BCUT2D eigenvalue weighted by Gasteiger charge is -2.16. The van der Waals surface area contributed by atoms with E-state index in [-0.39, 0.29) is 37.0 Å². The van der Waals surface area contributed by atoms with Gasteiger partial charge in [-0.15, -0.1) is 13.2 Å². The van der Waals surface area contributed by atoms with Crippen LogP contribution in [0.1, 0.15) is 32.1 Å². The first-order valence-corrected chi connectivity index (χ1v) is 11.2. The molecule has 0 saturated carbocycles. The van der Waals surface area contributed by atoms with E-state index < -0.39 is 53.1 Å². The van der Waals surface area contributed by atoms with E-state index in [0.717, 1.165) is 18.2 Å². The Morgan fingerprint density at radius 1 is 0.769 bits per heavy atom. The lowest BCUT2D eigenvalue weighted by atomic mass is 10.0. The minimum Gasteiger partial charge on any atom is -0.478 e. The van der Waals surface area contributed by atoms with Crippen LogP contribution in [0.15, 0.2) is 85.6 Å². The number of carboxylic acid groups (broad SMARTS) is 4. The van der Waals surface area contributed by atoms with E-state index in [4.69, 9.17) is 29.9 Å². The largest absolute Gasteiger partial charge is 0.478 e. The van der Waals surface area contributed by atoms with Crippen LogP contribution in [-0.2, 0) is 38.2 Å². The summed E-state index contributed by atoms with van der Waals surface area (Å²) >= 11 is 0. The van der Waals surface area contributed by atoms with E-state index in [1.54, 1.807) is 0 Å². The molecule has 0 aromatic carbocycles. The highest BCUT2D eigenvalue weighted by atomic mass is 16.5. The number of esters is 2. The number of ether oxygens (including phenoxy) is 2. The SMILES string of the molecule is C=CC(=O)OCCCC(OC(=O)C=C)C(=C)C(=O)O.C=CCCC(=C/C(C(=O)O)=C(\CC=C)C(=O)O)C(=O)O. The molecular formula is C27H32O12. The van der Waals surface area contributed by atoms with Gasteiger partial charge in [-0.3, -0.25) is 0 Å². The molecule has 212 valence electrons. The molecule has 0 saturated heterocycles. The van der Waals surface area contributed by atoms with Gasteiger partial charge in [-0.2, -0.15) is 0 Å². The van der Waals surface area contributed by atoms with Crippen molar-refractivity contribution in [1.82, 2.24) is 0 Å².